The van der Waals surface area contributed by atoms with E-state index >= 15 is 0 Å². The number of benzene rings is 1. The maximum atomic E-state index is 12.2. The van der Waals surface area contributed by atoms with Crippen LogP contribution in [0.4, 0.5) is 16.3 Å². The van der Waals surface area contributed by atoms with Crippen LogP contribution in [0.3, 0.4) is 0 Å². The van der Waals surface area contributed by atoms with Crippen LogP contribution in [-0.4, -0.2) is 54.4 Å². The Morgan fingerprint density at radius 3 is 2.59 bits per heavy atom. The van der Waals surface area contributed by atoms with Crippen molar-refractivity contribution in [3.05, 3.63) is 18.2 Å². The second-order valence-electron chi connectivity index (χ2n) is 8.32. The Morgan fingerprint density at radius 1 is 1.10 bits per heavy atom. The number of nitrogens with zero attached hydrogens (tertiary/aromatic N) is 4. The quantitative estimate of drug-likeness (QED) is 0.779. The number of anilines is 2. The summed E-state index contributed by atoms with van der Waals surface area (Å²) < 4.78 is 1.82. The van der Waals surface area contributed by atoms with E-state index in [0.717, 1.165) is 37.1 Å². The molecular weight excluding hydrogens is 392 g/mol. The van der Waals surface area contributed by atoms with Gasteiger partial charge in [0.05, 0.1) is 5.52 Å². The van der Waals surface area contributed by atoms with Gasteiger partial charge in [-0.1, -0.05) is 0 Å². The van der Waals surface area contributed by atoms with Gasteiger partial charge < -0.3 is 10.2 Å². The summed E-state index contributed by atoms with van der Waals surface area (Å²) in [4.78, 5) is 27.7. The number of rotatable bonds is 2. The van der Waals surface area contributed by atoms with Crippen LogP contribution < -0.4 is 20.4 Å². The number of imide groups is 1. The lowest BCUT2D eigenvalue weighted by molar-refractivity contribution is -0.120. The van der Waals surface area contributed by atoms with Gasteiger partial charge in [0.1, 0.15) is 0 Å². The summed E-state index contributed by atoms with van der Waals surface area (Å²) in [7, 11) is 1.90. The molecule has 3 aliphatic rings. The van der Waals surface area contributed by atoms with Crippen molar-refractivity contribution in [3.63, 3.8) is 0 Å². The second kappa shape index (κ2) is 7.50. The average molecular weight is 419 g/mol. The summed E-state index contributed by atoms with van der Waals surface area (Å²) in [6.45, 7) is 4.83. The number of aryl methyl sites for hydroxylation is 1. The fourth-order valence-electron chi connectivity index (χ4n) is 4.85. The lowest BCUT2D eigenvalue weighted by Crippen LogP contribution is -2.49. The van der Waals surface area contributed by atoms with Gasteiger partial charge in [-0.05, 0) is 49.4 Å². The van der Waals surface area contributed by atoms with E-state index in [1.54, 1.807) is 4.90 Å². The smallest absolute Gasteiger partial charge is 0.329 e. The molecule has 3 amide bonds. The molecule has 3 saturated heterocycles. The van der Waals surface area contributed by atoms with Crippen molar-refractivity contribution in [1.82, 2.24) is 20.4 Å². The Balaban J connectivity index is 0.00000205. The molecule has 0 unspecified atom stereocenters. The molecule has 8 nitrogen and oxygen atoms in total. The largest absolute Gasteiger partial charge is 0.371 e. The Labute approximate surface area is 176 Å². The van der Waals surface area contributed by atoms with Crippen LogP contribution in [0, 0.1) is 5.41 Å². The molecule has 3 aliphatic heterocycles. The highest BCUT2D eigenvalue weighted by Gasteiger charge is 2.37. The predicted molar refractivity (Wildman–Crippen MR) is 115 cm³/mol. The molecule has 5 rings (SSSR count). The highest BCUT2D eigenvalue weighted by molar-refractivity contribution is 6.09. The van der Waals surface area contributed by atoms with Gasteiger partial charge in [0, 0.05) is 50.7 Å². The van der Waals surface area contributed by atoms with Crippen molar-refractivity contribution < 1.29 is 9.59 Å². The molecule has 0 bridgehead atoms. The normalized spacial score (nSPS) is 21.6. The molecule has 156 valence electrons. The fraction of sp³-hybridized carbons (Fsp3) is 0.550. The van der Waals surface area contributed by atoms with E-state index in [0.29, 0.717) is 24.2 Å². The molecule has 1 aromatic heterocycles. The van der Waals surface area contributed by atoms with E-state index in [-0.39, 0.29) is 18.3 Å². The van der Waals surface area contributed by atoms with Crippen LogP contribution in [0.15, 0.2) is 18.2 Å². The highest BCUT2D eigenvalue weighted by atomic mass is 35.5. The third kappa shape index (κ3) is 3.44. The number of urea groups is 1. The molecule has 2 N–H and O–H groups in total. The van der Waals surface area contributed by atoms with Gasteiger partial charge in [-0.15, -0.1) is 12.4 Å². The zero-order valence-electron chi connectivity index (χ0n) is 16.6. The van der Waals surface area contributed by atoms with Gasteiger partial charge in [-0.2, -0.15) is 5.10 Å². The number of fused-ring (bicyclic) bond motifs is 1. The lowest BCUT2D eigenvalue weighted by Gasteiger charge is -2.40. The van der Waals surface area contributed by atoms with Gasteiger partial charge in [0.2, 0.25) is 5.91 Å². The first kappa shape index (κ1) is 20.0. The third-order valence-corrected chi connectivity index (χ3v) is 6.65. The Bertz CT molecular complexity index is 942. The number of carbonyl (C=O) groups is 2. The number of halogens is 1. The minimum Gasteiger partial charge on any atom is -0.371 e. The van der Waals surface area contributed by atoms with Crippen LogP contribution in [0.5, 0.6) is 0 Å². The Kier molecular flexibility index (Phi) is 5.16. The molecule has 3 fully saturated rings. The lowest BCUT2D eigenvalue weighted by atomic mass is 9.78. The van der Waals surface area contributed by atoms with E-state index < -0.39 is 6.03 Å². The molecule has 0 saturated carbocycles. The van der Waals surface area contributed by atoms with Crippen LogP contribution in [0.25, 0.3) is 10.9 Å². The number of amides is 3. The van der Waals surface area contributed by atoms with Crippen LogP contribution >= 0.6 is 12.4 Å². The number of piperidine rings is 1. The molecule has 0 atom stereocenters. The van der Waals surface area contributed by atoms with E-state index in [2.05, 4.69) is 38.8 Å². The summed E-state index contributed by atoms with van der Waals surface area (Å²) in [5, 5.41) is 11.4. The predicted octanol–water partition coefficient (Wildman–Crippen LogP) is 2.02. The van der Waals surface area contributed by atoms with Crippen molar-refractivity contribution in [1.29, 1.82) is 0 Å². The maximum Gasteiger partial charge on any atom is 0.329 e. The maximum absolute atomic E-state index is 12.2. The van der Waals surface area contributed by atoms with Crippen molar-refractivity contribution in [3.8, 4) is 0 Å². The molecular formula is C20H27ClN6O2. The zero-order chi connectivity index (χ0) is 19.3. The van der Waals surface area contributed by atoms with E-state index in [4.69, 9.17) is 0 Å². The number of nitrogens with one attached hydrogen (secondary N) is 2. The molecule has 29 heavy (non-hydrogen) atoms. The standard InChI is InChI=1S/C20H26N6O2.ClH/c1-24-16-12-14(25-10-6-20(7-11-25)5-8-21-13-20)2-3-15(16)18(23-24)26-9-4-17(27)22-19(26)28;/h2-3,12,21H,4-11,13H2,1H3,(H,22,27,28);1H. The molecule has 2 aromatic rings. The molecule has 1 spiro atoms. The SMILES string of the molecule is Cl.Cn1nc(N2CCC(=O)NC2=O)c2ccc(N3CCC4(CCNC4)CC3)cc21. The summed E-state index contributed by atoms with van der Waals surface area (Å²) in [5.41, 5.74) is 2.71. The van der Waals surface area contributed by atoms with Gasteiger partial charge >= 0.3 is 6.03 Å². The first-order valence-electron chi connectivity index (χ1n) is 10.1. The van der Waals surface area contributed by atoms with Crippen molar-refractivity contribution in [2.24, 2.45) is 12.5 Å². The zero-order valence-corrected chi connectivity index (χ0v) is 17.4. The van der Waals surface area contributed by atoms with E-state index in [1.165, 1.54) is 24.9 Å². The molecule has 9 heteroatoms. The third-order valence-electron chi connectivity index (χ3n) is 6.65. The minimum absolute atomic E-state index is 0. The first-order valence-corrected chi connectivity index (χ1v) is 10.1. The minimum atomic E-state index is -0.396. The molecule has 0 radical (unpaired) electrons. The summed E-state index contributed by atoms with van der Waals surface area (Å²) >= 11 is 0. The van der Waals surface area contributed by atoms with Crippen molar-refractivity contribution in [2.75, 3.05) is 42.5 Å². The van der Waals surface area contributed by atoms with E-state index in [9.17, 15) is 9.59 Å². The molecule has 4 heterocycles. The van der Waals surface area contributed by atoms with Crippen LogP contribution in [-0.2, 0) is 11.8 Å². The van der Waals surface area contributed by atoms with Gasteiger partial charge in [0.25, 0.3) is 0 Å². The number of hydrogen-bond acceptors (Lipinski definition) is 5. The van der Waals surface area contributed by atoms with Gasteiger partial charge in [0.15, 0.2) is 5.82 Å². The monoisotopic (exact) mass is 418 g/mol. The van der Waals surface area contributed by atoms with E-state index in [1.807, 2.05) is 11.7 Å². The summed E-state index contributed by atoms with van der Waals surface area (Å²) in [6, 6.07) is 5.96. The van der Waals surface area contributed by atoms with Gasteiger partial charge in [-0.3, -0.25) is 19.7 Å². The molecule has 1 aromatic carbocycles. The van der Waals surface area contributed by atoms with Crippen LogP contribution in [0.2, 0.25) is 0 Å². The second-order valence-corrected chi connectivity index (χ2v) is 8.32. The Hall–Kier alpha value is -2.32. The van der Waals surface area contributed by atoms with Crippen LogP contribution in [0.1, 0.15) is 25.7 Å². The van der Waals surface area contributed by atoms with Crippen molar-refractivity contribution >= 4 is 46.8 Å². The fourth-order valence-corrected chi connectivity index (χ4v) is 4.85. The van der Waals surface area contributed by atoms with Gasteiger partial charge in [-0.25, -0.2) is 4.79 Å². The first-order chi connectivity index (χ1) is 13.5. The highest BCUT2D eigenvalue weighted by Crippen LogP contribution is 2.39. The summed E-state index contributed by atoms with van der Waals surface area (Å²) in [6.07, 6.45) is 4.06. The Morgan fingerprint density at radius 2 is 1.90 bits per heavy atom. The topological polar surface area (TPSA) is 82.5 Å². The number of carbonyl (C=O) groups excluding carboxylic acids is 2. The van der Waals surface area contributed by atoms with Crippen molar-refractivity contribution in [2.45, 2.75) is 25.7 Å². The number of hydrogen-bond donors (Lipinski definition) is 2. The number of aromatic nitrogens is 2. The molecule has 0 aliphatic carbocycles. The summed E-state index contributed by atoms with van der Waals surface area (Å²) in [5.74, 6) is 0.382. The average Bonchev–Trinajstić information content (AvgIpc) is 3.27.